The fourth-order valence-electron chi connectivity index (χ4n) is 1.43. The molecular formula is C11H17ClN4OS. The minimum absolute atomic E-state index is 0.147. The van der Waals surface area contributed by atoms with Crippen molar-refractivity contribution in [3.8, 4) is 0 Å². The van der Waals surface area contributed by atoms with Gasteiger partial charge in [0.25, 0.3) is 5.91 Å². The smallest absolute Gasteiger partial charge is 0.251 e. The Hall–Kier alpha value is -0.980. The number of pyridine rings is 1. The highest BCUT2D eigenvalue weighted by atomic mass is 35.5. The molecule has 1 aromatic heterocycles. The zero-order valence-electron chi connectivity index (χ0n) is 10.4. The van der Waals surface area contributed by atoms with Gasteiger partial charge in [0.05, 0.1) is 0 Å². The molecule has 4 N–H and O–H groups in total. The van der Waals surface area contributed by atoms with Gasteiger partial charge in [-0.2, -0.15) is 11.8 Å². The molecule has 0 aliphatic heterocycles. The number of hydrogen-bond donors (Lipinski definition) is 3. The number of halogens is 1. The molecule has 0 fully saturated rings. The summed E-state index contributed by atoms with van der Waals surface area (Å²) in [5.74, 6) is 6.33. The number of nitrogens with two attached hydrogens (primary N) is 1. The second kappa shape index (κ2) is 7.45. The van der Waals surface area contributed by atoms with Crippen molar-refractivity contribution in [1.29, 1.82) is 0 Å². The van der Waals surface area contributed by atoms with Crippen molar-refractivity contribution in [3.05, 3.63) is 22.8 Å². The van der Waals surface area contributed by atoms with Crippen molar-refractivity contribution in [3.63, 3.8) is 0 Å². The molecule has 0 aliphatic rings. The highest BCUT2D eigenvalue weighted by Gasteiger charge is 2.13. The maximum absolute atomic E-state index is 12.0. The van der Waals surface area contributed by atoms with Gasteiger partial charge in [0.2, 0.25) is 0 Å². The second-order valence-corrected chi connectivity index (χ2v) is 5.04. The second-order valence-electron chi connectivity index (χ2n) is 3.74. The van der Waals surface area contributed by atoms with Crippen LogP contribution in [0, 0.1) is 0 Å². The molecule has 0 aliphatic carbocycles. The summed E-state index contributed by atoms with van der Waals surface area (Å²) in [6.45, 7) is 2.04. The van der Waals surface area contributed by atoms with Crippen LogP contribution in [0.25, 0.3) is 0 Å². The van der Waals surface area contributed by atoms with Gasteiger partial charge in [-0.05, 0) is 24.8 Å². The number of thioether (sulfide) groups is 1. The van der Waals surface area contributed by atoms with E-state index in [1.54, 1.807) is 17.8 Å². The zero-order chi connectivity index (χ0) is 13.5. The third-order valence-corrected chi connectivity index (χ3v) is 3.33. The van der Waals surface area contributed by atoms with Gasteiger partial charge < -0.3 is 10.7 Å². The SMILES string of the molecule is CCC(CSC)NC(=O)c1cc(Cl)nc(NN)c1. The highest BCUT2D eigenvalue weighted by molar-refractivity contribution is 7.98. The quantitative estimate of drug-likeness (QED) is 0.423. The Balaban J connectivity index is 2.79. The van der Waals surface area contributed by atoms with Crippen molar-refractivity contribution < 1.29 is 4.79 Å². The van der Waals surface area contributed by atoms with E-state index in [0.717, 1.165) is 12.2 Å². The van der Waals surface area contributed by atoms with Crippen molar-refractivity contribution in [2.24, 2.45) is 5.84 Å². The summed E-state index contributed by atoms with van der Waals surface area (Å²) < 4.78 is 0. The van der Waals surface area contributed by atoms with Gasteiger partial charge in [0.1, 0.15) is 11.0 Å². The third kappa shape index (κ3) is 4.36. The average molecular weight is 289 g/mol. The van der Waals surface area contributed by atoms with E-state index in [1.807, 2.05) is 13.2 Å². The van der Waals surface area contributed by atoms with Crippen LogP contribution in [0.1, 0.15) is 23.7 Å². The minimum atomic E-state index is -0.170. The monoisotopic (exact) mass is 288 g/mol. The van der Waals surface area contributed by atoms with Crippen LogP contribution in [0.15, 0.2) is 12.1 Å². The molecule has 0 spiro atoms. The fourth-order valence-corrected chi connectivity index (χ4v) is 2.36. The normalized spacial score (nSPS) is 12.0. The number of nitrogen functional groups attached to an aromatic ring is 1. The summed E-state index contributed by atoms with van der Waals surface area (Å²) in [7, 11) is 0. The van der Waals surface area contributed by atoms with E-state index < -0.39 is 0 Å². The molecule has 0 saturated carbocycles. The van der Waals surface area contributed by atoms with Crippen molar-refractivity contribution in [2.45, 2.75) is 19.4 Å². The van der Waals surface area contributed by atoms with Gasteiger partial charge in [0, 0.05) is 17.4 Å². The van der Waals surface area contributed by atoms with E-state index in [4.69, 9.17) is 17.4 Å². The molecule has 0 radical (unpaired) electrons. The molecule has 0 aromatic carbocycles. The van der Waals surface area contributed by atoms with E-state index in [-0.39, 0.29) is 17.1 Å². The molecule has 1 unspecified atom stereocenters. The Labute approximate surface area is 116 Å². The highest BCUT2D eigenvalue weighted by Crippen LogP contribution is 2.14. The summed E-state index contributed by atoms with van der Waals surface area (Å²) in [5.41, 5.74) is 2.82. The molecule has 1 heterocycles. The first-order chi connectivity index (χ1) is 8.60. The van der Waals surface area contributed by atoms with Crippen molar-refractivity contribution in [1.82, 2.24) is 10.3 Å². The molecule has 100 valence electrons. The van der Waals surface area contributed by atoms with Crippen LogP contribution in [-0.4, -0.2) is 28.9 Å². The predicted octanol–water partition coefficient (Wildman–Crippen LogP) is 1.89. The number of aromatic nitrogens is 1. The molecule has 5 nitrogen and oxygen atoms in total. The van der Waals surface area contributed by atoms with Crippen LogP contribution < -0.4 is 16.6 Å². The summed E-state index contributed by atoms with van der Waals surface area (Å²) in [6, 6.07) is 3.23. The molecule has 1 rings (SSSR count). The number of nitrogens with one attached hydrogen (secondary N) is 2. The van der Waals surface area contributed by atoms with E-state index >= 15 is 0 Å². The van der Waals surface area contributed by atoms with Crippen LogP contribution >= 0.6 is 23.4 Å². The fraction of sp³-hybridized carbons (Fsp3) is 0.455. The number of nitrogens with zero attached hydrogens (tertiary/aromatic N) is 1. The number of rotatable bonds is 6. The van der Waals surface area contributed by atoms with Gasteiger partial charge in [-0.1, -0.05) is 18.5 Å². The molecule has 1 amide bonds. The molecular weight excluding hydrogens is 272 g/mol. The topological polar surface area (TPSA) is 80.0 Å². The van der Waals surface area contributed by atoms with Gasteiger partial charge >= 0.3 is 0 Å². The third-order valence-electron chi connectivity index (χ3n) is 2.40. The Kier molecular flexibility index (Phi) is 6.24. The molecule has 7 heteroatoms. The van der Waals surface area contributed by atoms with Gasteiger partial charge in [-0.15, -0.1) is 0 Å². The first-order valence-electron chi connectivity index (χ1n) is 5.54. The summed E-state index contributed by atoms with van der Waals surface area (Å²) >= 11 is 7.51. The standard InChI is InChI=1S/C11H17ClN4OS/c1-3-8(6-18-2)14-11(17)7-4-9(12)15-10(5-7)16-13/h4-5,8H,3,6,13H2,1-2H3,(H,14,17)(H,15,16). The lowest BCUT2D eigenvalue weighted by atomic mass is 10.2. The molecule has 0 bridgehead atoms. The van der Waals surface area contributed by atoms with Crippen LogP contribution in [0.4, 0.5) is 5.82 Å². The molecule has 1 atom stereocenters. The number of carbonyl (C=O) groups is 1. The largest absolute Gasteiger partial charge is 0.348 e. The Bertz CT molecular complexity index is 416. The lowest BCUT2D eigenvalue weighted by Gasteiger charge is -2.16. The minimum Gasteiger partial charge on any atom is -0.348 e. The van der Waals surface area contributed by atoms with Crippen molar-refractivity contribution >= 4 is 35.1 Å². The van der Waals surface area contributed by atoms with E-state index in [9.17, 15) is 4.79 Å². The maximum Gasteiger partial charge on any atom is 0.251 e. The van der Waals surface area contributed by atoms with Crippen molar-refractivity contribution in [2.75, 3.05) is 17.4 Å². The molecule has 0 saturated heterocycles. The lowest BCUT2D eigenvalue weighted by Crippen LogP contribution is -2.36. The van der Waals surface area contributed by atoms with Gasteiger partial charge in [-0.25, -0.2) is 10.8 Å². The van der Waals surface area contributed by atoms with Gasteiger partial charge in [0.15, 0.2) is 0 Å². The summed E-state index contributed by atoms with van der Waals surface area (Å²) in [4.78, 5) is 15.9. The lowest BCUT2D eigenvalue weighted by molar-refractivity contribution is 0.0940. The maximum atomic E-state index is 12.0. The van der Waals surface area contributed by atoms with Crippen LogP contribution in [0.5, 0.6) is 0 Å². The number of hydrazine groups is 1. The zero-order valence-corrected chi connectivity index (χ0v) is 11.9. The number of anilines is 1. The van der Waals surface area contributed by atoms with E-state index in [2.05, 4.69) is 15.7 Å². The van der Waals surface area contributed by atoms with E-state index in [0.29, 0.717) is 11.4 Å². The molecule has 18 heavy (non-hydrogen) atoms. The number of hydrogen-bond acceptors (Lipinski definition) is 5. The predicted molar refractivity (Wildman–Crippen MR) is 77.0 cm³/mol. The van der Waals surface area contributed by atoms with Crippen LogP contribution in [0.2, 0.25) is 5.15 Å². The van der Waals surface area contributed by atoms with Crippen LogP contribution in [0.3, 0.4) is 0 Å². The first kappa shape index (κ1) is 15.1. The number of carbonyl (C=O) groups excluding carboxylic acids is 1. The van der Waals surface area contributed by atoms with E-state index in [1.165, 1.54) is 6.07 Å². The Morgan fingerprint density at radius 3 is 2.89 bits per heavy atom. The molecule has 1 aromatic rings. The van der Waals surface area contributed by atoms with Gasteiger partial charge in [-0.3, -0.25) is 4.79 Å². The average Bonchev–Trinajstić information content (AvgIpc) is 2.37. The number of amides is 1. The summed E-state index contributed by atoms with van der Waals surface area (Å²) in [6.07, 6.45) is 2.89. The Morgan fingerprint density at radius 1 is 1.61 bits per heavy atom. The summed E-state index contributed by atoms with van der Waals surface area (Å²) in [5, 5.41) is 3.18. The first-order valence-corrected chi connectivity index (χ1v) is 7.31. The Morgan fingerprint density at radius 2 is 2.33 bits per heavy atom. The van der Waals surface area contributed by atoms with Crippen LogP contribution in [-0.2, 0) is 0 Å².